The summed E-state index contributed by atoms with van der Waals surface area (Å²) < 4.78 is 0. The number of aryl methyl sites for hydroxylation is 1. The first kappa shape index (κ1) is 20.3. The first-order valence-electron chi connectivity index (χ1n) is 7.07. The Morgan fingerprint density at radius 1 is 1.33 bits per heavy atom. The van der Waals surface area contributed by atoms with Crippen LogP contribution in [0, 0.1) is 6.92 Å². The Kier molecular flexibility index (Phi) is 9.71. The first-order valence-corrected chi connectivity index (χ1v) is 7.07. The highest BCUT2D eigenvalue weighted by Crippen LogP contribution is 2.33. The van der Waals surface area contributed by atoms with E-state index >= 15 is 0 Å². The predicted octanol–water partition coefficient (Wildman–Crippen LogP) is 3.46. The molecule has 0 spiro atoms. The lowest BCUT2D eigenvalue weighted by Gasteiger charge is -2.35. The number of hydrogen-bond donors (Lipinski definition) is 2. The molecule has 0 saturated carbocycles. The van der Waals surface area contributed by atoms with Gasteiger partial charge in [-0.3, -0.25) is 4.90 Å². The van der Waals surface area contributed by atoms with Crippen molar-refractivity contribution in [3.8, 4) is 5.75 Å². The number of allylic oxidation sites excluding steroid dienone is 1. The molecule has 2 rings (SSSR count). The van der Waals surface area contributed by atoms with Crippen LogP contribution in [-0.4, -0.2) is 36.2 Å². The van der Waals surface area contributed by atoms with Crippen molar-refractivity contribution in [1.82, 2.24) is 10.2 Å². The van der Waals surface area contributed by atoms with Crippen LogP contribution in [0.4, 0.5) is 0 Å². The highest BCUT2D eigenvalue weighted by molar-refractivity contribution is 5.85. The van der Waals surface area contributed by atoms with Gasteiger partial charge in [0.15, 0.2) is 0 Å². The summed E-state index contributed by atoms with van der Waals surface area (Å²) in [6, 6.07) is 6.18. The van der Waals surface area contributed by atoms with Crippen LogP contribution in [0.1, 0.15) is 30.0 Å². The molecule has 1 heterocycles. The zero-order chi connectivity index (χ0) is 13.7. The number of benzene rings is 1. The molecule has 0 amide bonds. The van der Waals surface area contributed by atoms with Gasteiger partial charge in [0, 0.05) is 37.8 Å². The summed E-state index contributed by atoms with van der Waals surface area (Å²) in [6.07, 6.45) is 3.95. The van der Waals surface area contributed by atoms with Gasteiger partial charge in [0.1, 0.15) is 5.75 Å². The minimum absolute atomic E-state index is 0. The van der Waals surface area contributed by atoms with Gasteiger partial charge in [-0.2, -0.15) is 0 Å². The second-order valence-electron chi connectivity index (χ2n) is 5.23. The summed E-state index contributed by atoms with van der Waals surface area (Å²) in [6.45, 7) is 10.0. The fraction of sp³-hybridized carbons (Fsp3) is 0.500. The van der Waals surface area contributed by atoms with Crippen LogP contribution < -0.4 is 5.32 Å². The van der Waals surface area contributed by atoms with Gasteiger partial charge in [0.25, 0.3) is 0 Å². The number of nitrogens with zero attached hydrogens (tertiary/aromatic N) is 1. The van der Waals surface area contributed by atoms with Crippen LogP contribution in [0.5, 0.6) is 5.75 Å². The van der Waals surface area contributed by atoms with E-state index in [-0.39, 0.29) is 24.8 Å². The van der Waals surface area contributed by atoms with E-state index in [0.29, 0.717) is 11.8 Å². The van der Waals surface area contributed by atoms with Gasteiger partial charge < -0.3 is 10.4 Å². The molecule has 21 heavy (non-hydrogen) atoms. The molecular formula is C16H26Cl2N2O. The van der Waals surface area contributed by atoms with Crippen LogP contribution in [-0.2, 0) is 0 Å². The first-order chi connectivity index (χ1) is 9.22. The van der Waals surface area contributed by atoms with Crippen LogP contribution in [0.15, 0.2) is 30.9 Å². The normalized spacial score (nSPS) is 16.4. The van der Waals surface area contributed by atoms with Crippen LogP contribution >= 0.6 is 24.8 Å². The third-order valence-electron chi connectivity index (χ3n) is 3.78. The van der Waals surface area contributed by atoms with Gasteiger partial charge in [-0.1, -0.05) is 23.8 Å². The maximum atomic E-state index is 10.2. The number of aromatic hydroxyl groups is 1. The van der Waals surface area contributed by atoms with Gasteiger partial charge in [0.05, 0.1) is 0 Å². The molecule has 1 aliphatic heterocycles. The van der Waals surface area contributed by atoms with Crippen molar-refractivity contribution in [2.75, 3.05) is 26.2 Å². The zero-order valence-corrected chi connectivity index (χ0v) is 14.2. The summed E-state index contributed by atoms with van der Waals surface area (Å²) in [5, 5.41) is 13.5. The molecule has 1 fully saturated rings. The summed E-state index contributed by atoms with van der Waals surface area (Å²) >= 11 is 0. The van der Waals surface area contributed by atoms with Crippen molar-refractivity contribution in [1.29, 1.82) is 0 Å². The average Bonchev–Trinajstić information content (AvgIpc) is 2.44. The molecule has 2 N–H and O–H groups in total. The van der Waals surface area contributed by atoms with Gasteiger partial charge in [-0.15, -0.1) is 31.4 Å². The molecule has 0 bridgehead atoms. The van der Waals surface area contributed by atoms with E-state index in [1.165, 1.54) is 5.56 Å². The largest absolute Gasteiger partial charge is 0.508 e. The minimum Gasteiger partial charge on any atom is -0.508 e. The Hall–Kier alpha value is -0.740. The molecular weight excluding hydrogens is 307 g/mol. The highest BCUT2D eigenvalue weighted by Gasteiger charge is 2.23. The molecule has 3 nitrogen and oxygen atoms in total. The van der Waals surface area contributed by atoms with Crippen LogP contribution in [0.2, 0.25) is 0 Å². The maximum absolute atomic E-state index is 10.2. The third-order valence-corrected chi connectivity index (χ3v) is 3.78. The van der Waals surface area contributed by atoms with Crippen molar-refractivity contribution in [2.24, 2.45) is 0 Å². The fourth-order valence-electron chi connectivity index (χ4n) is 2.75. The second kappa shape index (κ2) is 10.1. The topological polar surface area (TPSA) is 35.5 Å². The molecule has 0 aliphatic carbocycles. The molecule has 1 aromatic rings. The third kappa shape index (κ3) is 5.51. The summed E-state index contributed by atoms with van der Waals surface area (Å²) in [5.41, 5.74) is 2.26. The van der Waals surface area contributed by atoms with Crippen molar-refractivity contribution < 1.29 is 5.11 Å². The Morgan fingerprint density at radius 3 is 2.62 bits per heavy atom. The van der Waals surface area contributed by atoms with E-state index < -0.39 is 0 Å². The van der Waals surface area contributed by atoms with Crippen LogP contribution in [0.3, 0.4) is 0 Å². The monoisotopic (exact) mass is 332 g/mol. The van der Waals surface area contributed by atoms with E-state index in [1.807, 2.05) is 18.2 Å². The lowest BCUT2D eigenvalue weighted by atomic mass is 9.97. The molecule has 0 radical (unpaired) electrons. The molecule has 1 saturated heterocycles. The van der Waals surface area contributed by atoms with Gasteiger partial charge >= 0.3 is 0 Å². The summed E-state index contributed by atoms with van der Waals surface area (Å²) in [4.78, 5) is 2.47. The Bertz CT molecular complexity index is 434. The average molecular weight is 333 g/mol. The molecule has 1 aromatic carbocycles. The van der Waals surface area contributed by atoms with Gasteiger partial charge in [-0.25, -0.2) is 0 Å². The molecule has 1 aliphatic rings. The van der Waals surface area contributed by atoms with Crippen molar-refractivity contribution in [2.45, 2.75) is 25.8 Å². The number of hydrogen-bond acceptors (Lipinski definition) is 3. The predicted molar refractivity (Wildman–Crippen MR) is 94.0 cm³/mol. The Labute approximate surface area is 140 Å². The fourth-order valence-corrected chi connectivity index (χ4v) is 2.75. The van der Waals surface area contributed by atoms with E-state index in [9.17, 15) is 5.11 Å². The number of piperazine rings is 1. The second-order valence-corrected chi connectivity index (χ2v) is 5.23. The van der Waals surface area contributed by atoms with E-state index in [2.05, 4.69) is 29.8 Å². The van der Waals surface area contributed by atoms with Gasteiger partial charge in [0.2, 0.25) is 0 Å². The summed E-state index contributed by atoms with van der Waals surface area (Å²) in [7, 11) is 0. The van der Waals surface area contributed by atoms with Crippen molar-refractivity contribution in [3.63, 3.8) is 0 Å². The van der Waals surface area contributed by atoms with Gasteiger partial charge in [-0.05, 0) is 25.8 Å². The van der Waals surface area contributed by atoms with E-state index in [0.717, 1.165) is 44.6 Å². The Balaban J connectivity index is 0.00000200. The minimum atomic E-state index is 0. The molecule has 120 valence electrons. The number of rotatable bonds is 5. The zero-order valence-electron chi connectivity index (χ0n) is 12.5. The maximum Gasteiger partial charge on any atom is 0.120 e. The number of phenols is 1. The Morgan fingerprint density at radius 2 is 2.00 bits per heavy atom. The lowest BCUT2D eigenvalue weighted by Crippen LogP contribution is -2.45. The van der Waals surface area contributed by atoms with Crippen molar-refractivity contribution in [3.05, 3.63) is 42.0 Å². The highest BCUT2D eigenvalue weighted by atomic mass is 35.5. The molecule has 1 atom stereocenters. The quantitative estimate of drug-likeness (QED) is 0.810. The molecule has 0 unspecified atom stereocenters. The standard InChI is InChI=1S/C16H24N2O.2ClH/c1-3-4-5-15(18-10-8-17-9-11-18)14-12-13(2)6-7-16(14)19;;/h3,6-7,12,15,17,19H,1,4-5,8-11H2,2H3;2*1H/t15-;;/m0../s1. The van der Waals surface area contributed by atoms with Crippen LogP contribution in [0.25, 0.3) is 0 Å². The molecule has 0 aromatic heterocycles. The van der Waals surface area contributed by atoms with Crippen molar-refractivity contribution >= 4 is 24.8 Å². The smallest absolute Gasteiger partial charge is 0.120 e. The number of nitrogens with one attached hydrogen (secondary N) is 1. The van der Waals surface area contributed by atoms with E-state index in [4.69, 9.17) is 0 Å². The number of halogens is 2. The molecule has 5 heteroatoms. The lowest BCUT2D eigenvalue weighted by molar-refractivity contribution is 0.163. The van der Waals surface area contributed by atoms with E-state index in [1.54, 1.807) is 0 Å². The SMILES string of the molecule is C=CCC[C@@H](c1cc(C)ccc1O)N1CCNCC1.Cl.Cl. The summed E-state index contributed by atoms with van der Waals surface area (Å²) in [5.74, 6) is 0.415. The number of phenolic OH excluding ortho intramolecular Hbond substituents is 1.